The zero-order valence-electron chi connectivity index (χ0n) is 15.9. The zero-order valence-corrected chi connectivity index (χ0v) is 15.9. The van der Waals surface area contributed by atoms with Crippen LogP contribution >= 0.6 is 0 Å². The highest BCUT2D eigenvalue weighted by Gasteiger charge is 2.17. The van der Waals surface area contributed by atoms with Crippen LogP contribution in [0.4, 0.5) is 0 Å². The molecule has 0 saturated heterocycles. The van der Waals surface area contributed by atoms with Crippen molar-refractivity contribution in [2.24, 2.45) is 0 Å². The van der Waals surface area contributed by atoms with Crippen LogP contribution in [-0.4, -0.2) is 24.9 Å². The van der Waals surface area contributed by atoms with E-state index in [1.165, 1.54) is 4.68 Å². The lowest BCUT2D eigenvalue weighted by Crippen LogP contribution is -2.23. The Morgan fingerprint density at radius 2 is 1.79 bits per heavy atom. The summed E-state index contributed by atoms with van der Waals surface area (Å²) in [6, 6.07) is 9.22. The first-order valence-electron chi connectivity index (χ1n) is 8.89. The molecule has 0 atom stereocenters. The van der Waals surface area contributed by atoms with Crippen LogP contribution in [0.25, 0.3) is 22.4 Å². The quantitative estimate of drug-likeness (QED) is 0.545. The molecule has 140 valence electrons. The first-order valence-corrected chi connectivity index (χ1v) is 8.89. The van der Waals surface area contributed by atoms with Gasteiger partial charge in [-0.1, -0.05) is 5.16 Å². The van der Waals surface area contributed by atoms with Crippen LogP contribution in [0.3, 0.4) is 0 Å². The van der Waals surface area contributed by atoms with Gasteiger partial charge < -0.3 is 4.52 Å². The van der Waals surface area contributed by atoms with Gasteiger partial charge in [0, 0.05) is 46.5 Å². The molecule has 0 N–H and O–H groups in total. The predicted octanol–water partition coefficient (Wildman–Crippen LogP) is 3.33. The molecule has 4 aromatic rings. The number of aromatic nitrogens is 5. The number of aryl methyl sites for hydroxylation is 3. The minimum Gasteiger partial charge on any atom is -0.361 e. The lowest BCUT2D eigenvalue weighted by molar-refractivity contribution is 0.397. The zero-order chi connectivity index (χ0) is 19.7. The van der Waals surface area contributed by atoms with E-state index in [-0.39, 0.29) is 12.1 Å². The van der Waals surface area contributed by atoms with Crippen LogP contribution in [0, 0.1) is 20.8 Å². The first-order chi connectivity index (χ1) is 13.5. The van der Waals surface area contributed by atoms with Crippen molar-refractivity contribution in [2.45, 2.75) is 27.3 Å². The van der Waals surface area contributed by atoms with E-state index in [0.717, 1.165) is 33.6 Å². The Labute approximate surface area is 161 Å². The summed E-state index contributed by atoms with van der Waals surface area (Å²) >= 11 is 0. The van der Waals surface area contributed by atoms with Crippen LogP contribution in [0.5, 0.6) is 0 Å². The fraction of sp³-hybridized carbons (Fsp3) is 0.190. The average molecular weight is 373 g/mol. The maximum absolute atomic E-state index is 12.6. The van der Waals surface area contributed by atoms with Crippen LogP contribution in [0.2, 0.25) is 0 Å². The summed E-state index contributed by atoms with van der Waals surface area (Å²) in [7, 11) is 0. The van der Waals surface area contributed by atoms with Crippen molar-refractivity contribution in [3.8, 4) is 22.4 Å². The largest absolute Gasteiger partial charge is 0.361 e. The summed E-state index contributed by atoms with van der Waals surface area (Å²) in [4.78, 5) is 21.1. The van der Waals surface area contributed by atoms with E-state index in [9.17, 15) is 4.79 Å². The van der Waals surface area contributed by atoms with E-state index in [2.05, 4.69) is 20.2 Å². The van der Waals surface area contributed by atoms with E-state index < -0.39 is 0 Å². The number of rotatable bonds is 4. The molecule has 28 heavy (non-hydrogen) atoms. The predicted molar refractivity (Wildman–Crippen MR) is 105 cm³/mol. The van der Waals surface area contributed by atoms with Gasteiger partial charge in [-0.05, 0) is 50.6 Å². The minimum absolute atomic E-state index is 0.194. The van der Waals surface area contributed by atoms with Gasteiger partial charge in [-0.2, -0.15) is 5.10 Å². The Balaban J connectivity index is 1.68. The summed E-state index contributed by atoms with van der Waals surface area (Å²) in [6.45, 7) is 5.93. The van der Waals surface area contributed by atoms with Gasteiger partial charge in [0.15, 0.2) is 0 Å². The highest BCUT2D eigenvalue weighted by Crippen LogP contribution is 2.25. The fourth-order valence-electron chi connectivity index (χ4n) is 3.00. The lowest BCUT2D eigenvalue weighted by Gasteiger charge is -2.07. The second-order valence-corrected chi connectivity index (χ2v) is 6.68. The third kappa shape index (κ3) is 3.46. The molecule has 4 aromatic heterocycles. The van der Waals surface area contributed by atoms with Gasteiger partial charge in [-0.3, -0.25) is 14.8 Å². The highest BCUT2D eigenvalue weighted by molar-refractivity contribution is 5.63. The van der Waals surface area contributed by atoms with Gasteiger partial charge in [-0.15, -0.1) is 0 Å². The molecular formula is C21H19N5O2. The summed E-state index contributed by atoms with van der Waals surface area (Å²) < 4.78 is 6.78. The molecule has 0 aliphatic carbocycles. The average Bonchev–Trinajstić information content (AvgIpc) is 3.04. The van der Waals surface area contributed by atoms with Gasteiger partial charge in [0.1, 0.15) is 11.5 Å². The maximum Gasteiger partial charge on any atom is 0.267 e. The van der Waals surface area contributed by atoms with Crippen molar-refractivity contribution in [1.82, 2.24) is 24.9 Å². The smallest absolute Gasteiger partial charge is 0.267 e. The van der Waals surface area contributed by atoms with E-state index in [4.69, 9.17) is 4.52 Å². The Kier molecular flexibility index (Phi) is 4.57. The second kappa shape index (κ2) is 7.19. The van der Waals surface area contributed by atoms with E-state index in [0.29, 0.717) is 11.5 Å². The molecule has 0 amide bonds. The maximum atomic E-state index is 12.6. The third-order valence-electron chi connectivity index (χ3n) is 4.58. The molecule has 0 fully saturated rings. The Morgan fingerprint density at radius 3 is 2.50 bits per heavy atom. The van der Waals surface area contributed by atoms with E-state index in [1.807, 2.05) is 45.0 Å². The molecule has 0 unspecified atom stereocenters. The second-order valence-electron chi connectivity index (χ2n) is 6.68. The third-order valence-corrected chi connectivity index (χ3v) is 4.58. The Hall–Kier alpha value is -3.61. The fourth-order valence-corrected chi connectivity index (χ4v) is 3.00. The van der Waals surface area contributed by atoms with Gasteiger partial charge >= 0.3 is 0 Å². The van der Waals surface area contributed by atoms with Gasteiger partial charge in [0.25, 0.3) is 5.56 Å². The van der Waals surface area contributed by atoms with Gasteiger partial charge in [0.2, 0.25) is 0 Å². The van der Waals surface area contributed by atoms with Crippen LogP contribution in [0.1, 0.15) is 22.7 Å². The molecule has 0 aliphatic rings. The molecule has 7 nitrogen and oxygen atoms in total. The number of hydrogen-bond acceptors (Lipinski definition) is 6. The van der Waals surface area contributed by atoms with Crippen molar-refractivity contribution in [3.05, 3.63) is 82.0 Å². The number of hydrogen-bond donors (Lipinski definition) is 0. The molecule has 0 radical (unpaired) electrons. The molecular weight excluding hydrogens is 354 g/mol. The van der Waals surface area contributed by atoms with Crippen molar-refractivity contribution in [2.75, 3.05) is 0 Å². The van der Waals surface area contributed by atoms with Gasteiger partial charge in [0.05, 0.1) is 12.7 Å². The van der Waals surface area contributed by atoms with Gasteiger partial charge in [-0.25, -0.2) is 4.68 Å². The number of pyridine rings is 2. The van der Waals surface area contributed by atoms with E-state index in [1.54, 1.807) is 24.7 Å². The SMILES string of the molecule is Cc1ccc(-c2noc(C)c2Cn2ncc(-c3ccnc(C)c3)cc2=O)cn1. The summed E-state index contributed by atoms with van der Waals surface area (Å²) in [5.74, 6) is 0.651. The summed E-state index contributed by atoms with van der Waals surface area (Å²) in [5, 5.41) is 8.50. The molecule has 0 saturated carbocycles. The molecule has 0 bridgehead atoms. The first kappa shape index (κ1) is 17.8. The molecule has 0 aromatic carbocycles. The van der Waals surface area contributed by atoms with Crippen LogP contribution < -0.4 is 5.56 Å². The Morgan fingerprint density at radius 1 is 0.929 bits per heavy atom. The number of nitrogens with zero attached hydrogens (tertiary/aromatic N) is 5. The summed E-state index contributed by atoms with van der Waals surface area (Å²) in [6.07, 6.45) is 5.16. The standard InChI is InChI=1S/C21H19N5O2/c1-13-4-5-17(10-23-13)21-19(15(3)28-25-21)12-26-20(27)9-18(11-24-26)16-6-7-22-14(2)8-16/h4-11H,12H2,1-3H3. The molecule has 4 rings (SSSR count). The van der Waals surface area contributed by atoms with Crippen molar-refractivity contribution in [1.29, 1.82) is 0 Å². The molecule has 7 heteroatoms. The summed E-state index contributed by atoms with van der Waals surface area (Å²) in [5.41, 5.74) is 5.62. The molecule has 0 aliphatic heterocycles. The highest BCUT2D eigenvalue weighted by atomic mass is 16.5. The Bertz CT molecular complexity index is 1190. The van der Waals surface area contributed by atoms with Crippen LogP contribution in [-0.2, 0) is 6.54 Å². The lowest BCUT2D eigenvalue weighted by atomic mass is 10.1. The topological polar surface area (TPSA) is 86.7 Å². The van der Waals surface area contributed by atoms with E-state index >= 15 is 0 Å². The van der Waals surface area contributed by atoms with Crippen molar-refractivity contribution < 1.29 is 4.52 Å². The molecule has 0 spiro atoms. The van der Waals surface area contributed by atoms with Crippen molar-refractivity contribution >= 4 is 0 Å². The van der Waals surface area contributed by atoms with Crippen molar-refractivity contribution in [3.63, 3.8) is 0 Å². The molecule has 4 heterocycles. The minimum atomic E-state index is -0.194. The normalized spacial score (nSPS) is 11.0. The van der Waals surface area contributed by atoms with Crippen LogP contribution in [0.15, 0.2) is 58.2 Å². The monoisotopic (exact) mass is 373 g/mol.